The topological polar surface area (TPSA) is 58.6 Å². The average molecular weight is 285 g/mol. The Balaban J connectivity index is 3.76. The number of rotatable bonds is 10. The number of hydrogen-bond acceptors (Lipinski definition) is 3. The molecule has 0 saturated carbocycles. The summed E-state index contributed by atoms with van der Waals surface area (Å²) in [5.74, 6) is -0.922. The van der Waals surface area contributed by atoms with E-state index >= 15 is 0 Å². The summed E-state index contributed by atoms with van der Waals surface area (Å²) in [4.78, 5) is 11.1. The summed E-state index contributed by atoms with van der Waals surface area (Å²) in [6.45, 7) is 2.09. The average Bonchev–Trinajstić information content (AvgIpc) is 2.31. The van der Waals surface area contributed by atoms with Gasteiger partial charge >= 0.3 is 12.1 Å². The zero-order chi connectivity index (χ0) is 14.9. The summed E-state index contributed by atoms with van der Waals surface area (Å²) in [6.07, 6.45) is -3.74. The summed E-state index contributed by atoms with van der Waals surface area (Å²) in [7, 11) is 1.59. The quantitative estimate of drug-likeness (QED) is 0.606. The van der Waals surface area contributed by atoms with E-state index in [2.05, 4.69) is 5.32 Å². The number of carboxylic acids is 1. The number of halogens is 3. The van der Waals surface area contributed by atoms with E-state index in [1.165, 1.54) is 0 Å². The standard InChI is InChI=1S/C12H22F3NO3/c1-3-11(16-2,10(17)18)6-4-8-19-9-5-7-12(13,14)15/h16H,3-9H2,1-2H3,(H,17,18). The van der Waals surface area contributed by atoms with Crippen molar-refractivity contribution < 1.29 is 27.8 Å². The van der Waals surface area contributed by atoms with E-state index in [4.69, 9.17) is 9.84 Å². The Morgan fingerprint density at radius 1 is 1.21 bits per heavy atom. The highest BCUT2D eigenvalue weighted by Gasteiger charge is 2.34. The molecule has 4 nitrogen and oxygen atoms in total. The molecule has 0 aromatic rings. The van der Waals surface area contributed by atoms with Gasteiger partial charge in [0.25, 0.3) is 0 Å². The van der Waals surface area contributed by atoms with Gasteiger partial charge in [-0.25, -0.2) is 0 Å². The molecule has 114 valence electrons. The first-order valence-electron chi connectivity index (χ1n) is 6.34. The van der Waals surface area contributed by atoms with Gasteiger partial charge in [0.2, 0.25) is 0 Å². The fraction of sp³-hybridized carbons (Fsp3) is 0.917. The lowest BCUT2D eigenvalue weighted by atomic mass is 9.91. The van der Waals surface area contributed by atoms with Crippen molar-refractivity contribution in [2.45, 2.75) is 50.7 Å². The maximum Gasteiger partial charge on any atom is 0.389 e. The molecule has 19 heavy (non-hydrogen) atoms. The second-order valence-electron chi connectivity index (χ2n) is 4.43. The number of carbonyl (C=O) groups is 1. The van der Waals surface area contributed by atoms with Gasteiger partial charge in [-0.1, -0.05) is 6.92 Å². The Labute approximate surface area is 111 Å². The zero-order valence-corrected chi connectivity index (χ0v) is 11.3. The molecule has 0 fully saturated rings. The van der Waals surface area contributed by atoms with Crippen LogP contribution in [0.15, 0.2) is 0 Å². The van der Waals surface area contributed by atoms with Crippen LogP contribution >= 0.6 is 0 Å². The fourth-order valence-electron chi connectivity index (χ4n) is 1.80. The smallest absolute Gasteiger partial charge is 0.389 e. The van der Waals surface area contributed by atoms with Crippen molar-refractivity contribution in [3.63, 3.8) is 0 Å². The predicted molar refractivity (Wildman–Crippen MR) is 65.1 cm³/mol. The van der Waals surface area contributed by atoms with Gasteiger partial charge in [-0.05, 0) is 32.7 Å². The van der Waals surface area contributed by atoms with Gasteiger partial charge in [0.1, 0.15) is 5.54 Å². The Morgan fingerprint density at radius 3 is 2.11 bits per heavy atom. The van der Waals surface area contributed by atoms with Crippen molar-refractivity contribution in [2.24, 2.45) is 0 Å². The Morgan fingerprint density at radius 2 is 1.74 bits per heavy atom. The van der Waals surface area contributed by atoms with Gasteiger partial charge < -0.3 is 15.2 Å². The number of alkyl halides is 3. The highest BCUT2D eigenvalue weighted by atomic mass is 19.4. The van der Waals surface area contributed by atoms with E-state index in [1.807, 2.05) is 0 Å². The van der Waals surface area contributed by atoms with Crippen LogP contribution < -0.4 is 5.32 Å². The third-order valence-corrected chi connectivity index (χ3v) is 3.13. The molecule has 0 aromatic carbocycles. The number of nitrogens with one attached hydrogen (secondary N) is 1. The Hall–Kier alpha value is -0.820. The molecule has 1 unspecified atom stereocenters. The van der Waals surface area contributed by atoms with Crippen LogP contribution in [0.2, 0.25) is 0 Å². The van der Waals surface area contributed by atoms with Crippen LogP contribution in [-0.4, -0.2) is 43.1 Å². The number of hydrogen-bond donors (Lipinski definition) is 2. The molecule has 0 amide bonds. The van der Waals surface area contributed by atoms with Crippen molar-refractivity contribution in [3.05, 3.63) is 0 Å². The van der Waals surface area contributed by atoms with Gasteiger partial charge in [-0.3, -0.25) is 4.79 Å². The van der Waals surface area contributed by atoms with E-state index in [-0.39, 0.29) is 19.6 Å². The van der Waals surface area contributed by atoms with E-state index in [1.54, 1.807) is 14.0 Å². The lowest BCUT2D eigenvalue weighted by molar-refractivity contribution is -0.145. The second kappa shape index (κ2) is 8.37. The number of ether oxygens (including phenoxy) is 1. The molecule has 0 aliphatic carbocycles. The molecule has 0 radical (unpaired) electrons. The van der Waals surface area contributed by atoms with Crippen LogP contribution in [0.3, 0.4) is 0 Å². The molecule has 1 atom stereocenters. The van der Waals surface area contributed by atoms with E-state index in [0.29, 0.717) is 19.3 Å². The summed E-state index contributed by atoms with van der Waals surface area (Å²) in [6, 6.07) is 0. The van der Waals surface area contributed by atoms with Crippen LogP contribution in [0.4, 0.5) is 13.2 Å². The van der Waals surface area contributed by atoms with Crippen LogP contribution in [-0.2, 0) is 9.53 Å². The van der Waals surface area contributed by atoms with Gasteiger partial charge in [-0.2, -0.15) is 13.2 Å². The van der Waals surface area contributed by atoms with E-state index < -0.39 is 24.1 Å². The third kappa shape index (κ3) is 7.37. The first kappa shape index (κ1) is 18.2. The third-order valence-electron chi connectivity index (χ3n) is 3.13. The molecule has 0 spiro atoms. The first-order valence-corrected chi connectivity index (χ1v) is 6.34. The molecule has 0 aromatic heterocycles. The molecule has 0 heterocycles. The monoisotopic (exact) mass is 285 g/mol. The number of likely N-dealkylation sites (N-methyl/N-ethyl adjacent to an activating group) is 1. The van der Waals surface area contributed by atoms with Gasteiger partial charge in [-0.15, -0.1) is 0 Å². The molecule has 2 N–H and O–H groups in total. The zero-order valence-electron chi connectivity index (χ0n) is 11.3. The highest BCUT2D eigenvalue weighted by molar-refractivity contribution is 5.78. The molecular formula is C12H22F3NO3. The van der Waals surface area contributed by atoms with Crippen molar-refractivity contribution in [1.82, 2.24) is 5.32 Å². The van der Waals surface area contributed by atoms with Crippen molar-refractivity contribution in [2.75, 3.05) is 20.3 Å². The van der Waals surface area contributed by atoms with E-state index in [0.717, 1.165) is 0 Å². The minimum absolute atomic E-state index is 0.0469. The number of aliphatic carboxylic acids is 1. The summed E-state index contributed by atoms with van der Waals surface area (Å²) >= 11 is 0. The van der Waals surface area contributed by atoms with Crippen LogP contribution in [0.5, 0.6) is 0 Å². The van der Waals surface area contributed by atoms with Crippen LogP contribution in [0.25, 0.3) is 0 Å². The molecule has 0 saturated heterocycles. The maximum atomic E-state index is 11.8. The largest absolute Gasteiger partial charge is 0.480 e. The van der Waals surface area contributed by atoms with Crippen LogP contribution in [0.1, 0.15) is 39.0 Å². The molecule has 0 aliphatic rings. The fourth-order valence-corrected chi connectivity index (χ4v) is 1.80. The minimum Gasteiger partial charge on any atom is -0.480 e. The predicted octanol–water partition coefficient (Wildman–Crippen LogP) is 2.58. The highest BCUT2D eigenvalue weighted by Crippen LogP contribution is 2.21. The van der Waals surface area contributed by atoms with Crippen LogP contribution in [0, 0.1) is 0 Å². The van der Waals surface area contributed by atoms with Gasteiger partial charge in [0, 0.05) is 19.6 Å². The van der Waals surface area contributed by atoms with Gasteiger partial charge in [0.05, 0.1) is 0 Å². The Bertz CT molecular complexity index is 265. The summed E-state index contributed by atoms with van der Waals surface area (Å²) in [5.41, 5.74) is -0.977. The second-order valence-corrected chi connectivity index (χ2v) is 4.43. The van der Waals surface area contributed by atoms with Crippen molar-refractivity contribution >= 4 is 5.97 Å². The Kier molecular flexibility index (Phi) is 8.01. The van der Waals surface area contributed by atoms with E-state index in [9.17, 15) is 18.0 Å². The lowest BCUT2D eigenvalue weighted by Crippen LogP contribution is -2.49. The molecule has 0 rings (SSSR count). The molecular weight excluding hydrogens is 263 g/mol. The van der Waals surface area contributed by atoms with Crippen molar-refractivity contribution in [3.8, 4) is 0 Å². The van der Waals surface area contributed by atoms with Gasteiger partial charge in [0.15, 0.2) is 0 Å². The molecule has 0 aliphatic heterocycles. The summed E-state index contributed by atoms with van der Waals surface area (Å²) < 4.78 is 40.6. The maximum absolute atomic E-state index is 11.8. The van der Waals surface area contributed by atoms with Crippen molar-refractivity contribution in [1.29, 1.82) is 0 Å². The summed E-state index contributed by atoms with van der Waals surface area (Å²) in [5, 5.41) is 11.9. The number of carboxylic acid groups (broad SMARTS) is 1. The minimum atomic E-state index is -4.14. The normalized spacial score (nSPS) is 15.2. The SMILES string of the molecule is CCC(CCCOCCCC(F)(F)F)(NC)C(=O)O. The lowest BCUT2D eigenvalue weighted by Gasteiger charge is -2.27. The molecule has 7 heteroatoms. The first-order chi connectivity index (χ1) is 8.77. The molecule has 0 bridgehead atoms.